The number of fused-ring (bicyclic) bond motifs is 8. The molecule has 0 N–H and O–H groups in total. The van der Waals surface area contributed by atoms with E-state index in [0.29, 0.717) is 0 Å². The van der Waals surface area contributed by atoms with Crippen LogP contribution in [0, 0.1) is 0 Å². The maximum Gasteiger partial charge on any atom is 0.137 e. The van der Waals surface area contributed by atoms with E-state index in [-0.39, 0.29) is 0 Å². The van der Waals surface area contributed by atoms with Crippen LogP contribution in [0.4, 0.5) is 11.4 Å². The summed E-state index contributed by atoms with van der Waals surface area (Å²) in [5.41, 5.74) is 23.3. The van der Waals surface area contributed by atoms with Gasteiger partial charge in [0.2, 0.25) is 0 Å². The van der Waals surface area contributed by atoms with Gasteiger partial charge in [-0.1, -0.05) is 133 Å². The third-order valence-electron chi connectivity index (χ3n) is 12.6. The Hall–Kier alpha value is -7.54. The zero-order chi connectivity index (χ0) is 38.9. The minimum Gasteiger partial charge on any atom is -0.456 e. The van der Waals surface area contributed by atoms with Gasteiger partial charge in [0.25, 0.3) is 0 Å². The Morgan fingerprint density at radius 1 is 0.610 bits per heavy atom. The Labute approximate surface area is 343 Å². The van der Waals surface area contributed by atoms with Crippen LogP contribution in [0.2, 0.25) is 0 Å². The van der Waals surface area contributed by atoms with Gasteiger partial charge in [0, 0.05) is 62.7 Å². The van der Waals surface area contributed by atoms with Gasteiger partial charge in [-0.3, -0.25) is 0 Å². The maximum atomic E-state index is 6.55. The lowest BCUT2D eigenvalue weighted by molar-refractivity contribution is 0.669. The summed E-state index contributed by atoms with van der Waals surface area (Å²) in [6.07, 6.45) is 21.2. The average Bonchev–Trinajstić information content (AvgIpc) is 3.86. The molecule has 0 radical (unpaired) electrons. The topological polar surface area (TPSA) is 21.3 Å². The first kappa shape index (κ1) is 33.6. The van der Waals surface area contributed by atoms with E-state index in [0.717, 1.165) is 58.3 Å². The Morgan fingerprint density at radius 2 is 1.32 bits per heavy atom. The van der Waals surface area contributed by atoms with Crippen LogP contribution in [0.25, 0.3) is 50.2 Å². The van der Waals surface area contributed by atoms with Crippen molar-refractivity contribution in [1.82, 2.24) is 4.57 Å². The second kappa shape index (κ2) is 13.3. The number of hydrogen-bond acceptors (Lipinski definition) is 2. The lowest BCUT2D eigenvalue weighted by Gasteiger charge is -2.35. The maximum absolute atomic E-state index is 6.55. The van der Waals surface area contributed by atoms with Crippen LogP contribution in [0.3, 0.4) is 0 Å². The number of allylic oxidation sites excluding steroid dienone is 10. The predicted molar refractivity (Wildman–Crippen MR) is 244 cm³/mol. The van der Waals surface area contributed by atoms with Crippen LogP contribution in [0.15, 0.2) is 215 Å². The fraction of sp³-hybridized carbons (Fsp3) is 0.0714. The highest BCUT2D eigenvalue weighted by molar-refractivity contribution is 6.06. The molecular weight excluding hydrogens is 717 g/mol. The van der Waals surface area contributed by atoms with Gasteiger partial charge in [-0.15, -0.1) is 0 Å². The van der Waals surface area contributed by atoms with E-state index in [1.165, 1.54) is 61.3 Å². The zero-order valence-corrected chi connectivity index (χ0v) is 32.4. The van der Waals surface area contributed by atoms with Gasteiger partial charge in [-0.05, 0) is 113 Å². The summed E-state index contributed by atoms with van der Waals surface area (Å²) in [5.74, 6) is 0. The van der Waals surface area contributed by atoms with Gasteiger partial charge in [-0.25, -0.2) is 0 Å². The molecule has 8 aromatic rings. The van der Waals surface area contributed by atoms with Crippen LogP contribution in [0.1, 0.15) is 46.4 Å². The fourth-order valence-electron chi connectivity index (χ4n) is 10.1. The van der Waals surface area contributed by atoms with Gasteiger partial charge in [0.1, 0.15) is 11.2 Å². The van der Waals surface area contributed by atoms with E-state index < -0.39 is 5.41 Å². The van der Waals surface area contributed by atoms with Crippen LogP contribution in [0.5, 0.6) is 0 Å². The molecule has 3 heteroatoms. The minimum absolute atomic E-state index is 0.571. The van der Waals surface area contributed by atoms with E-state index in [1.54, 1.807) is 0 Å². The summed E-state index contributed by atoms with van der Waals surface area (Å²) in [6, 6.07) is 52.8. The van der Waals surface area contributed by atoms with Gasteiger partial charge >= 0.3 is 0 Å². The molecule has 0 amide bonds. The van der Waals surface area contributed by atoms with Crippen molar-refractivity contribution in [3.63, 3.8) is 0 Å². The summed E-state index contributed by atoms with van der Waals surface area (Å²) in [6.45, 7) is 0. The molecule has 278 valence electrons. The molecule has 6 aromatic carbocycles. The predicted octanol–water partition coefficient (Wildman–Crippen LogP) is 14.0. The summed E-state index contributed by atoms with van der Waals surface area (Å²) >= 11 is 0. The van der Waals surface area contributed by atoms with Crippen molar-refractivity contribution >= 4 is 61.6 Å². The molecule has 0 saturated heterocycles. The number of aromatic nitrogens is 1. The number of hydrogen-bond donors (Lipinski definition) is 0. The molecule has 4 aliphatic rings. The number of rotatable bonds is 6. The molecule has 0 aliphatic heterocycles. The lowest BCUT2D eigenvalue weighted by Crippen LogP contribution is -2.29. The zero-order valence-electron chi connectivity index (χ0n) is 32.4. The van der Waals surface area contributed by atoms with E-state index in [2.05, 4.69) is 209 Å². The molecule has 2 aromatic heterocycles. The molecular formula is C56H38N2O. The second-order valence-electron chi connectivity index (χ2n) is 15.7. The summed E-state index contributed by atoms with van der Waals surface area (Å²) in [7, 11) is 0. The molecule has 0 bridgehead atoms. The summed E-state index contributed by atoms with van der Waals surface area (Å²) < 4.78 is 9.03. The average molecular weight is 755 g/mol. The van der Waals surface area contributed by atoms with E-state index in [9.17, 15) is 0 Å². The molecule has 4 aliphatic carbocycles. The molecule has 3 nitrogen and oxygen atoms in total. The fourth-order valence-corrected chi connectivity index (χ4v) is 10.1. The van der Waals surface area contributed by atoms with E-state index in [1.807, 2.05) is 6.07 Å². The molecule has 0 fully saturated rings. The monoisotopic (exact) mass is 754 g/mol. The van der Waals surface area contributed by atoms with Crippen LogP contribution in [-0.2, 0) is 11.8 Å². The van der Waals surface area contributed by atoms with Crippen molar-refractivity contribution in [2.45, 2.75) is 24.7 Å². The number of benzene rings is 6. The van der Waals surface area contributed by atoms with Gasteiger partial charge in [0.15, 0.2) is 0 Å². The summed E-state index contributed by atoms with van der Waals surface area (Å²) in [4.78, 5) is 2.42. The summed E-state index contributed by atoms with van der Waals surface area (Å²) in [5, 5.41) is 3.48. The van der Waals surface area contributed by atoms with Crippen LogP contribution < -0.4 is 4.90 Å². The molecule has 0 atom stereocenters. The van der Waals surface area contributed by atoms with E-state index >= 15 is 0 Å². The smallest absolute Gasteiger partial charge is 0.137 e. The van der Waals surface area contributed by atoms with Crippen LogP contribution >= 0.6 is 0 Å². The van der Waals surface area contributed by atoms with Crippen molar-refractivity contribution in [2.24, 2.45) is 0 Å². The second-order valence-corrected chi connectivity index (χ2v) is 15.7. The Balaban J connectivity index is 1.13. The Bertz CT molecular complexity index is 3270. The molecule has 59 heavy (non-hydrogen) atoms. The quantitative estimate of drug-likeness (QED) is 0.158. The number of nitrogens with zero attached hydrogens (tertiary/aromatic N) is 2. The first-order valence-corrected chi connectivity index (χ1v) is 20.5. The number of para-hydroxylation sites is 2. The van der Waals surface area contributed by atoms with Crippen molar-refractivity contribution in [3.8, 4) is 0 Å². The minimum atomic E-state index is -0.571. The third-order valence-corrected chi connectivity index (χ3v) is 12.6. The highest BCUT2D eigenvalue weighted by Crippen LogP contribution is 2.57. The standard InChI is InChI=1S/C56H38N2O/c1-4-17-38(18-5-1)56(39-19-6-2-7-20-39)50-27-13-10-24-44(50)45-33-31-42(36-51(45)56)57(43-32-34-48-47-26-12-15-30-54(47)59-55(48)37-43)41-23-16-29-53-49(35-41)46-25-11-14-28-52(46)58(53)40-21-8-3-9-22-40/h1-2,4-8,11-12,14-28,30-37H,3,9,29H2. The van der Waals surface area contributed by atoms with Crippen molar-refractivity contribution < 1.29 is 4.42 Å². The molecule has 2 heterocycles. The molecule has 0 spiro atoms. The SMILES string of the molecule is C1=C=CC2=C(C=1)c1ccc(N(C3=Cc4c(n(C5=CCCC=C5)c5ccccc45)CC=C3)c3ccc4c(c3)oc3ccccc34)cc1C2(c1ccccc1)c1ccccc1. The van der Waals surface area contributed by atoms with E-state index in [4.69, 9.17) is 4.42 Å². The normalized spacial score (nSPS) is 16.0. The first-order valence-electron chi connectivity index (χ1n) is 20.5. The highest BCUT2D eigenvalue weighted by atomic mass is 16.3. The highest BCUT2D eigenvalue weighted by Gasteiger charge is 2.47. The van der Waals surface area contributed by atoms with Crippen molar-refractivity contribution in [3.05, 3.63) is 244 Å². The van der Waals surface area contributed by atoms with Gasteiger partial charge in [0.05, 0.1) is 10.9 Å². The molecule has 0 unspecified atom stereocenters. The first-order chi connectivity index (χ1) is 29.3. The molecule has 0 saturated carbocycles. The number of anilines is 2. The Kier molecular flexibility index (Phi) is 7.55. The van der Waals surface area contributed by atoms with Crippen molar-refractivity contribution in [1.29, 1.82) is 0 Å². The van der Waals surface area contributed by atoms with Gasteiger partial charge in [-0.2, -0.15) is 0 Å². The number of furan rings is 1. The Morgan fingerprint density at radius 3 is 2.14 bits per heavy atom. The molecule has 12 rings (SSSR count). The third kappa shape index (κ3) is 5.03. The van der Waals surface area contributed by atoms with Crippen molar-refractivity contribution in [2.75, 3.05) is 4.90 Å². The largest absolute Gasteiger partial charge is 0.456 e. The van der Waals surface area contributed by atoms with Crippen LogP contribution in [-0.4, -0.2) is 4.57 Å². The lowest BCUT2D eigenvalue weighted by atomic mass is 9.66. The van der Waals surface area contributed by atoms with Gasteiger partial charge < -0.3 is 13.9 Å².